The highest BCUT2D eigenvalue weighted by molar-refractivity contribution is 5.90. The number of benzene rings is 1. The van der Waals surface area contributed by atoms with Crippen molar-refractivity contribution in [3.8, 4) is 0 Å². The van der Waals surface area contributed by atoms with Crippen LogP contribution >= 0.6 is 0 Å². The fourth-order valence-corrected chi connectivity index (χ4v) is 2.65. The number of anilines is 1. The summed E-state index contributed by atoms with van der Waals surface area (Å²) in [6, 6.07) is 7.82. The Kier molecular flexibility index (Phi) is 4.77. The predicted octanol–water partition coefficient (Wildman–Crippen LogP) is 2.58. The molecule has 0 atom stereocenters. The number of aryl methyl sites for hydroxylation is 1. The van der Waals surface area contributed by atoms with Crippen molar-refractivity contribution in [1.82, 2.24) is 4.90 Å². The van der Waals surface area contributed by atoms with Crippen LogP contribution in [0.1, 0.15) is 31.7 Å². The summed E-state index contributed by atoms with van der Waals surface area (Å²) in [7, 11) is 0. The molecule has 0 aromatic heterocycles. The van der Waals surface area contributed by atoms with Gasteiger partial charge in [-0.1, -0.05) is 12.1 Å². The fourth-order valence-electron chi connectivity index (χ4n) is 2.65. The molecule has 0 saturated carbocycles. The quantitative estimate of drug-likeness (QED) is 0.921. The Morgan fingerprint density at radius 1 is 1.30 bits per heavy atom. The second-order valence-corrected chi connectivity index (χ2v) is 5.57. The van der Waals surface area contributed by atoms with Gasteiger partial charge in [-0.25, -0.2) is 0 Å². The number of nitrogens with one attached hydrogen (secondary N) is 1. The lowest BCUT2D eigenvalue weighted by Gasteiger charge is -2.30. The summed E-state index contributed by atoms with van der Waals surface area (Å²) in [6.45, 7) is 5.16. The van der Waals surface area contributed by atoms with Gasteiger partial charge in [-0.05, 0) is 43.4 Å². The average molecular weight is 274 g/mol. The number of likely N-dealkylation sites (tertiary alicyclic amines) is 1. The van der Waals surface area contributed by atoms with Crippen LogP contribution in [0.5, 0.6) is 0 Å². The summed E-state index contributed by atoms with van der Waals surface area (Å²) in [5.41, 5.74) is 1.99. The van der Waals surface area contributed by atoms with E-state index in [9.17, 15) is 9.59 Å². The van der Waals surface area contributed by atoms with Gasteiger partial charge < -0.3 is 10.2 Å². The molecule has 1 fully saturated rings. The van der Waals surface area contributed by atoms with Crippen LogP contribution in [0.25, 0.3) is 0 Å². The van der Waals surface area contributed by atoms with E-state index in [0.29, 0.717) is 12.3 Å². The minimum Gasteiger partial charge on any atom is -0.343 e. The first-order valence-electron chi connectivity index (χ1n) is 7.16. The van der Waals surface area contributed by atoms with E-state index in [4.69, 9.17) is 0 Å². The van der Waals surface area contributed by atoms with Crippen LogP contribution in [0.4, 0.5) is 5.69 Å². The molecule has 0 spiro atoms. The largest absolute Gasteiger partial charge is 0.343 e. The van der Waals surface area contributed by atoms with Crippen LogP contribution in [-0.2, 0) is 9.59 Å². The zero-order chi connectivity index (χ0) is 14.5. The normalized spacial score (nSPS) is 16.0. The van der Waals surface area contributed by atoms with Crippen molar-refractivity contribution < 1.29 is 9.59 Å². The number of amides is 2. The Morgan fingerprint density at radius 2 is 2.00 bits per heavy atom. The molecule has 4 nitrogen and oxygen atoms in total. The molecular weight excluding hydrogens is 252 g/mol. The van der Waals surface area contributed by atoms with Gasteiger partial charge in [0.2, 0.25) is 11.8 Å². The third kappa shape index (κ3) is 4.08. The second kappa shape index (κ2) is 6.55. The number of hydrogen-bond acceptors (Lipinski definition) is 2. The SMILES string of the molecule is CC(=O)N1CCC(CC(=O)Nc2cccc(C)c2)CC1. The number of carbonyl (C=O) groups is 2. The summed E-state index contributed by atoms with van der Waals surface area (Å²) >= 11 is 0. The van der Waals surface area contributed by atoms with E-state index in [1.54, 1.807) is 6.92 Å². The van der Waals surface area contributed by atoms with Crippen molar-refractivity contribution in [2.45, 2.75) is 33.1 Å². The second-order valence-electron chi connectivity index (χ2n) is 5.57. The molecule has 108 valence electrons. The van der Waals surface area contributed by atoms with Crippen molar-refractivity contribution in [1.29, 1.82) is 0 Å². The number of hydrogen-bond donors (Lipinski definition) is 1. The Hall–Kier alpha value is -1.84. The highest BCUT2D eigenvalue weighted by Gasteiger charge is 2.22. The Morgan fingerprint density at radius 3 is 2.60 bits per heavy atom. The van der Waals surface area contributed by atoms with E-state index in [1.807, 2.05) is 36.1 Å². The monoisotopic (exact) mass is 274 g/mol. The molecule has 1 aliphatic heterocycles. The van der Waals surface area contributed by atoms with Crippen molar-refractivity contribution in [3.05, 3.63) is 29.8 Å². The van der Waals surface area contributed by atoms with E-state index in [0.717, 1.165) is 37.2 Å². The summed E-state index contributed by atoms with van der Waals surface area (Å²) in [5, 5.41) is 2.94. The molecule has 0 bridgehead atoms. The first kappa shape index (κ1) is 14.6. The minimum absolute atomic E-state index is 0.0666. The van der Waals surface area contributed by atoms with E-state index in [2.05, 4.69) is 5.32 Å². The minimum atomic E-state index is 0.0666. The van der Waals surface area contributed by atoms with Gasteiger partial charge in [-0.2, -0.15) is 0 Å². The third-order valence-corrected chi connectivity index (χ3v) is 3.84. The van der Waals surface area contributed by atoms with Gasteiger partial charge in [0.15, 0.2) is 0 Å². The molecule has 20 heavy (non-hydrogen) atoms. The molecule has 4 heteroatoms. The summed E-state index contributed by atoms with van der Waals surface area (Å²) < 4.78 is 0. The molecular formula is C16H22N2O2. The topological polar surface area (TPSA) is 49.4 Å². The molecule has 1 aliphatic rings. The van der Waals surface area contributed by atoms with Crippen LogP contribution in [0.3, 0.4) is 0 Å². The van der Waals surface area contributed by atoms with Gasteiger partial charge >= 0.3 is 0 Å². The maximum atomic E-state index is 12.0. The first-order chi connectivity index (χ1) is 9.54. The van der Waals surface area contributed by atoms with Crippen LogP contribution in [0.15, 0.2) is 24.3 Å². The van der Waals surface area contributed by atoms with Crippen LogP contribution in [-0.4, -0.2) is 29.8 Å². The highest BCUT2D eigenvalue weighted by Crippen LogP contribution is 2.21. The molecule has 1 heterocycles. The van der Waals surface area contributed by atoms with E-state index >= 15 is 0 Å². The van der Waals surface area contributed by atoms with Gasteiger partial charge in [0, 0.05) is 32.1 Å². The van der Waals surface area contributed by atoms with E-state index < -0.39 is 0 Å². The van der Waals surface area contributed by atoms with Crippen molar-refractivity contribution >= 4 is 17.5 Å². The molecule has 0 radical (unpaired) electrons. The zero-order valence-electron chi connectivity index (χ0n) is 12.2. The zero-order valence-corrected chi connectivity index (χ0v) is 12.2. The van der Waals surface area contributed by atoms with Crippen molar-refractivity contribution in [3.63, 3.8) is 0 Å². The first-order valence-corrected chi connectivity index (χ1v) is 7.16. The molecule has 0 unspecified atom stereocenters. The number of carbonyl (C=O) groups excluding carboxylic acids is 2. The number of rotatable bonds is 3. The third-order valence-electron chi connectivity index (χ3n) is 3.84. The average Bonchev–Trinajstić information content (AvgIpc) is 2.39. The molecule has 0 aliphatic carbocycles. The predicted molar refractivity (Wildman–Crippen MR) is 79.4 cm³/mol. The summed E-state index contributed by atoms with van der Waals surface area (Å²) in [4.78, 5) is 25.1. The lowest BCUT2D eigenvalue weighted by molar-refractivity contribution is -0.130. The molecule has 1 saturated heterocycles. The van der Waals surface area contributed by atoms with Crippen LogP contribution in [0, 0.1) is 12.8 Å². The molecule has 1 aromatic rings. The van der Waals surface area contributed by atoms with Gasteiger partial charge in [0.05, 0.1) is 0 Å². The Balaban J connectivity index is 1.80. The lowest BCUT2D eigenvalue weighted by Crippen LogP contribution is -2.37. The standard InChI is InChI=1S/C16H22N2O2/c1-12-4-3-5-15(10-12)17-16(20)11-14-6-8-18(9-7-14)13(2)19/h3-5,10,14H,6-9,11H2,1-2H3,(H,17,20). The molecule has 1 N–H and O–H groups in total. The number of nitrogens with zero attached hydrogens (tertiary/aromatic N) is 1. The van der Waals surface area contributed by atoms with E-state index in [1.165, 1.54) is 0 Å². The fraction of sp³-hybridized carbons (Fsp3) is 0.500. The van der Waals surface area contributed by atoms with Crippen LogP contribution in [0.2, 0.25) is 0 Å². The van der Waals surface area contributed by atoms with E-state index in [-0.39, 0.29) is 11.8 Å². The van der Waals surface area contributed by atoms with Crippen molar-refractivity contribution in [2.24, 2.45) is 5.92 Å². The van der Waals surface area contributed by atoms with Gasteiger partial charge in [-0.3, -0.25) is 9.59 Å². The lowest BCUT2D eigenvalue weighted by atomic mass is 9.93. The highest BCUT2D eigenvalue weighted by atomic mass is 16.2. The van der Waals surface area contributed by atoms with Crippen LogP contribution < -0.4 is 5.32 Å². The molecule has 2 amide bonds. The maximum Gasteiger partial charge on any atom is 0.224 e. The number of piperidine rings is 1. The van der Waals surface area contributed by atoms with Gasteiger partial charge in [0.25, 0.3) is 0 Å². The van der Waals surface area contributed by atoms with Gasteiger partial charge in [-0.15, -0.1) is 0 Å². The summed E-state index contributed by atoms with van der Waals surface area (Å²) in [5.74, 6) is 0.583. The van der Waals surface area contributed by atoms with Gasteiger partial charge in [0.1, 0.15) is 0 Å². The smallest absolute Gasteiger partial charge is 0.224 e. The Bertz CT molecular complexity index is 491. The van der Waals surface area contributed by atoms with Crippen molar-refractivity contribution in [2.75, 3.05) is 18.4 Å². The maximum absolute atomic E-state index is 12.0. The molecule has 2 rings (SSSR count). The summed E-state index contributed by atoms with van der Waals surface area (Å²) in [6.07, 6.45) is 2.38. The Labute approximate surface area is 120 Å². The molecule has 1 aromatic carbocycles.